The lowest BCUT2D eigenvalue weighted by Crippen LogP contribution is -2.32. The second kappa shape index (κ2) is 7.99. The third-order valence-corrected chi connectivity index (χ3v) is 5.10. The predicted octanol–water partition coefficient (Wildman–Crippen LogP) is 4.00. The van der Waals surface area contributed by atoms with Gasteiger partial charge in [-0.05, 0) is 42.3 Å². The van der Waals surface area contributed by atoms with Crippen LogP contribution >= 0.6 is 35.0 Å². The monoisotopic (exact) mass is 407 g/mol. The lowest BCUT2D eigenvalue weighted by molar-refractivity contribution is 0.705. The molecule has 134 valence electrons. The summed E-state index contributed by atoms with van der Waals surface area (Å²) in [6.45, 7) is 1.89. The van der Waals surface area contributed by atoms with Crippen molar-refractivity contribution in [1.29, 1.82) is 0 Å². The highest BCUT2D eigenvalue weighted by atomic mass is 35.5. The first-order valence-corrected chi connectivity index (χ1v) is 9.33. The van der Waals surface area contributed by atoms with E-state index < -0.39 is 5.56 Å². The number of hydrogen-bond acceptors (Lipinski definition) is 6. The van der Waals surface area contributed by atoms with Crippen molar-refractivity contribution in [3.8, 4) is 0 Å². The lowest BCUT2D eigenvalue weighted by atomic mass is 10.2. The maximum atomic E-state index is 12.5. The molecule has 0 aliphatic carbocycles. The Morgan fingerprint density at radius 1 is 1.12 bits per heavy atom. The van der Waals surface area contributed by atoms with Gasteiger partial charge in [0.2, 0.25) is 11.0 Å². The minimum atomic E-state index is -0.474. The van der Waals surface area contributed by atoms with Crippen LogP contribution < -0.4 is 16.7 Å². The van der Waals surface area contributed by atoms with Crippen LogP contribution in [0.4, 0.5) is 11.5 Å². The summed E-state index contributed by atoms with van der Waals surface area (Å²) in [4.78, 5) is 12.5. The topological polar surface area (TPSA) is 85.8 Å². The maximum absolute atomic E-state index is 12.5. The highest BCUT2D eigenvalue weighted by Gasteiger charge is 2.12. The van der Waals surface area contributed by atoms with Gasteiger partial charge in [0.1, 0.15) is 0 Å². The third kappa shape index (κ3) is 4.30. The molecular formula is C17H15Cl2N5OS. The number of aromatic nitrogens is 3. The fourth-order valence-corrected chi connectivity index (χ4v) is 3.25. The molecule has 0 spiro atoms. The van der Waals surface area contributed by atoms with Crippen molar-refractivity contribution < 1.29 is 0 Å². The smallest absolute Gasteiger partial charge is 0.315 e. The van der Waals surface area contributed by atoms with Crippen LogP contribution in [0.15, 0.2) is 52.4 Å². The summed E-state index contributed by atoms with van der Waals surface area (Å²) >= 11 is 13.2. The molecule has 0 radical (unpaired) electrons. The molecule has 3 aromatic rings. The number of rotatable bonds is 5. The van der Waals surface area contributed by atoms with Gasteiger partial charge in [-0.1, -0.05) is 53.2 Å². The molecule has 0 bridgehead atoms. The van der Waals surface area contributed by atoms with Crippen LogP contribution in [-0.4, -0.2) is 14.9 Å². The van der Waals surface area contributed by atoms with E-state index in [4.69, 9.17) is 29.0 Å². The number of nitrogen functional groups attached to an aromatic ring is 1. The molecule has 2 aromatic carbocycles. The zero-order valence-corrected chi connectivity index (χ0v) is 16.1. The number of aryl methyl sites for hydroxylation is 1. The molecule has 0 unspecified atom stereocenters. The number of thioether (sulfide) groups is 1. The van der Waals surface area contributed by atoms with Gasteiger partial charge in [0.25, 0.3) is 0 Å². The summed E-state index contributed by atoms with van der Waals surface area (Å²) in [5.74, 6) is 6.51. The van der Waals surface area contributed by atoms with Crippen LogP contribution in [-0.2, 0) is 5.75 Å². The van der Waals surface area contributed by atoms with Crippen molar-refractivity contribution in [1.82, 2.24) is 14.9 Å². The van der Waals surface area contributed by atoms with Crippen molar-refractivity contribution in [3.63, 3.8) is 0 Å². The Morgan fingerprint density at radius 3 is 2.54 bits per heavy atom. The first-order chi connectivity index (χ1) is 12.4. The minimum absolute atomic E-state index is 0.0358. The van der Waals surface area contributed by atoms with Crippen LogP contribution in [0.5, 0.6) is 0 Å². The Balaban J connectivity index is 1.78. The molecule has 3 N–H and O–H groups in total. The Hall–Kier alpha value is -2.22. The van der Waals surface area contributed by atoms with Gasteiger partial charge in [-0.15, -0.1) is 10.2 Å². The first-order valence-electron chi connectivity index (χ1n) is 7.59. The van der Waals surface area contributed by atoms with Crippen molar-refractivity contribution in [2.45, 2.75) is 17.8 Å². The number of hydrogen-bond donors (Lipinski definition) is 2. The fraction of sp³-hybridized carbons (Fsp3) is 0.118. The zero-order valence-electron chi connectivity index (χ0n) is 13.7. The van der Waals surface area contributed by atoms with Crippen LogP contribution in [0, 0.1) is 6.92 Å². The number of nitrogens with two attached hydrogens (primary N) is 1. The molecule has 26 heavy (non-hydrogen) atoms. The van der Waals surface area contributed by atoms with Crippen LogP contribution in [0.2, 0.25) is 10.0 Å². The van der Waals surface area contributed by atoms with Gasteiger partial charge in [-0.3, -0.25) is 4.79 Å². The normalized spacial score (nSPS) is 10.7. The van der Waals surface area contributed by atoms with E-state index in [1.54, 1.807) is 24.3 Å². The van der Waals surface area contributed by atoms with Gasteiger partial charge in [0.15, 0.2) is 0 Å². The van der Waals surface area contributed by atoms with Crippen molar-refractivity contribution in [3.05, 3.63) is 74.0 Å². The molecule has 0 aliphatic heterocycles. The number of halogens is 2. The molecule has 3 rings (SSSR count). The highest BCUT2D eigenvalue weighted by Crippen LogP contribution is 2.23. The third-order valence-electron chi connectivity index (χ3n) is 3.60. The lowest BCUT2D eigenvalue weighted by Gasteiger charge is -2.11. The highest BCUT2D eigenvalue weighted by molar-refractivity contribution is 7.98. The SMILES string of the molecule is Cc1ccc(Cl)cc1Nc1nnc(SCc2ccc(Cl)cc2)n(N)c1=O. The summed E-state index contributed by atoms with van der Waals surface area (Å²) in [6, 6.07) is 12.7. The van der Waals surface area contributed by atoms with Crippen molar-refractivity contribution in [2.24, 2.45) is 0 Å². The standard InChI is InChI=1S/C17H15Cl2N5OS/c1-10-2-5-13(19)8-14(10)21-15-16(25)24(20)17(23-22-15)26-9-11-3-6-12(18)7-4-11/h2-8H,9,20H2,1H3,(H,21,22). The number of anilines is 2. The first kappa shape index (κ1) is 18.6. The van der Waals surface area contributed by atoms with E-state index in [-0.39, 0.29) is 5.82 Å². The van der Waals surface area contributed by atoms with Crippen LogP contribution in [0.25, 0.3) is 0 Å². The van der Waals surface area contributed by atoms with Gasteiger partial charge in [-0.2, -0.15) is 4.68 Å². The van der Waals surface area contributed by atoms with Gasteiger partial charge in [-0.25, -0.2) is 0 Å². The largest absolute Gasteiger partial charge is 0.334 e. The van der Waals surface area contributed by atoms with Crippen molar-refractivity contribution >= 4 is 46.5 Å². The number of nitrogens with one attached hydrogen (secondary N) is 1. The molecule has 1 heterocycles. The summed E-state index contributed by atoms with van der Waals surface area (Å²) in [5, 5.41) is 12.5. The van der Waals surface area contributed by atoms with Crippen LogP contribution in [0.1, 0.15) is 11.1 Å². The minimum Gasteiger partial charge on any atom is -0.334 e. The molecule has 0 fully saturated rings. The van der Waals surface area contributed by atoms with Gasteiger partial charge in [0, 0.05) is 21.5 Å². The van der Waals surface area contributed by atoms with E-state index in [0.29, 0.717) is 26.6 Å². The summed E-state index contributed by atoms with van der Waals surface area (Å²) in [7, 11) is 0. The van der Waals surface area contributed by atoms with E-state index >= 15 is 0 Å². The molecule has 1 aromatic heterocycles. The number of nitrogens with zero attached hydrogens (tertiary/aromatic N) is 3. The van der Waals surface area contributed by atoms with E-state index in [0.717, 1.165) is 15.8 Å². The van der Waals surface area contributed by atoms with Gasteiger partial charge in [0.05, 0.1) is 0 Å². The Kier molecular flexibility index (Phi) is 5.70. The average molecular weight is 408 g/mol. The van der Waals surface area contributed by atoms with Gasteiger partial charge >= 0.3 is 5.56 Å². The summed E-state index contributed by atoms with van der Waals surface area (Å²) in [6.07, 6.45) is 0. The second-order valence-corrected chi connectivity index (χ2v) is 7.32. The molecular weight excluding hydrogens is 393 g/mol. The van der Waals surface area contributed by atoms with E-state index in [1.807, 2.05) is 25.1 Å². The molecule has 0 saturated heterocycles. The Labute approximate surface area is 164 Å². The number of benzene rings is 2. The fourth-order valence-electron chi connectivity index (χ4n) is 2.15. The molecule has 0 atom stereocenters. The molecule has 0 amide bonds. The Bertz CT molecular complexity index is 991. The summed E-state index contributed by atoms with van der Waals surface area (Å²) < 4.78 is 0.982. The molecule has 0 saturated carbocycles. The van der Waals surface area contributed by atoms with Gasteiger partial charge < -0.3 is 11.2 Å². The van der Waals surface area contributed by atoms with E-state index in [2.05, 4.69) is 15.5 Å². The molecule has 0 aliphatic rings. The zero-order chi connectivity index (χ0) is 18.7. The maximum Gasteiger partial charge on any atom is 0.315 e. The average Bonchev–Trinajstić information content (AvgIpc) is 2.63. The Morgan fingerprint density at radius 2 is 1.81 bits per heavy atom. The second-order valence-electron chi connectivity index (χ2n) is 5.51. The van der Waals surface area contributed by atoms with Crippen molar-refractivity contribution in [2.75, 3.05) is 11.2 Å². The van der Waals surface area contributed by atoms with Crippen LogP contribution in [0.3, 0.4) is 0 Å². The predicted molar refractivity (Wildman–Crippen MR) is 107 cm³/mol. The molecule has 6 nitrogen and oxygen atoms in total. The van der Waals surface area contributed by atoms with E-state index in [1.165, 1.54) is 11.8 Å². The summed E-state index contributed by atoms with van der Waals surface area (Å²) in [5.41, 5.74) is 2.15. The van der Waals surface area contributed by atoms with E-state index in [9.17, 15) is 4.79 Å². The quantitative estimate of drug-likeness (QED) is 0.490. The molecule has 9 heteroatoms.